The Labute approximate surface area is 132 Å². The summed E-state index contributed by atoms with van der Waals surface area (Å²) in [6.45, 7) is 3.51. The third kappa shape index (κ3) is 3.55. The van der Waals surface area contributed by atoms with E-state index in [2.05, 4.69) is 65.6 Å². The third-order valence-electron chi connectivity index (χ3n) is 4.39. The molecule has 2 aromatic carbocycles. The topological polar surface area (TPSA) is 23.6 Å². The molecule has 1 aliphatic heterocycles. The molecule has 2 aromatic rings. The molecule has 0 radical (unpaired) electrons. The highest BCUT2D eigenvalue weighted by Gasteiger charge is 2.24. The maximum absolute atomic E-state index is 10.9. The van der Waals surface area contributed by atoms with Gasteiger partial charge < -0.3 is 4.90 Å². The molecule has 1 heterocycles. The highest BCUT2D eigenvalue weighted by Crippen LogP contribution is 2.26. The van der Waals surface area contributed by atoms with Crippen LogP contribution >= 0.6 is 0 Å². The zero-order valence-corrected chi connectivity index (χ0v) is 12.8. The first kappa shape index (κ1) is 14.8. The van der Waals surface area contributed by atoms with Crippen molar-refractivity contribution in [1.82, 2.24) is 9.80 Å². The van der Waals surface area contributed by atoms with Gasteiger partial charge in [-0.15, -0.1) is 0 Å². The van der Waals surface area contributed by atoms with Crippen molar-refractivity contribution >= 4 is 6.41 Å². The van der Waals surface area contributed by atoms with Crippen LogP contribution in [0.3, 0.4) is 0 Å². The van der Waals surface area contributed by atoms with Crippen molar-refractivity contribution in [1.29, 1.82) is 0 Å². The van der Waals surface area contributed by atoms with Crippen LogP contribution in [0.2, 0.25) is 0 Å². The summed E-state index contributed by atoms with van der Waals surface area (Å²) >= 11 is 0. The van der Waals surface area contributed by atoms with Gasteiger partial charge in [-0.1, -0.05) is 60.7 Å². The average Bonchev–Trinajstić information content (AvgIpc) is 2.61. The molecule has 3 nitrogen and oxygen atoms in total. The standard InChI is InChI=1S/C19H22N2O/c22-16-20-11-13-21(14-12-20)19(18-9-5-2-6-10-18)15-17-7-3-1-4-8-17/h1-10,16,19H,11-15H2. The summed E-state index contributed by atoms with van der Waals surface area (Å²) in [6.07, 6.45) is 1.97. The first-order valence-electron chi connectivity index (χ1n) is 7.89. The maximum Gasteiger partial charge on any atom is 0.209 e. The van der Waals surface area contributed by atoms with Crippen molar-refractivity contribution in [2.75, 3.05) is 26.2 Å². The largest absolute Gasteiger partial charge is 0.343 e. The third-order valence-corrected chi connectivity index (χ3v) is 4.39. The molecule has 1 saturated heterocycles. The highest BCUT2D eigenvalue weighted by molar-refractivity contribution is 5.47. The summed E-state index contributed by atoms with van der Waals surface area (Å²) in [6, 6.07) is 21.7. The van der Waals surface area contributed by atoms with Crippen LogP contribution < -0.4 is 0 Å². The normalized spacial score (nSPS) is 17.2. The highest BCUT2D eigenvalue weighted by atomic mass is 16.1. The minimum absolute atomic E-state index is 0.373. The van der Waals surface area contributed by atoms with E-state index in [4.69, 9.17) is 0 Å². The molecule has 3 rings (SSSR count). The van der Waals surface area contributed by atoms with E-state index < -0.39 is 0 Å². The van der Waals surface area contributed by atoms with E-state index in [1.807, 2.05) is 4.90 Å². The summed E-state index contributed by atoms with van der Waals surface area (Å²) in [7, 11) is 0. The average molecular weight is 294 g/mol. The molecule has 0 N–H and O–H groups in total. The molecule has 1 aliphatic rings. The van der Waals surface area contributed by atoms with Gasteiger partial charge in [-0.05, 0) is 17.5 Å². The van der Waals surface area contributed by atoms with E-state index in [9.17, 15) is 4.79 Å². The molecule has 3 heteroatoms. The SMILES string of the molecule is O=CN1CCN(C(Cc2ccccc2)c2ccccc2)CC1. The van der Waals surface area contributed by atoms with E-state index in [0.29, 0.717) is 6.04 Å². The number of nitrogens with zero attached hydrogens (tertiary/aromatic N) is 2. The number of hydrogen-bond donors (Lipinski definition) is 0. The fourth-order valence-electron chi connectivity index (χ4n) is 3.12. The number of carbonyl (C=O) groups excluding carboxylic acids is 1. The predicted octanol–water partition coefficient (Wildman–Crippen LogP) is 2.74. The molecule has 0 aliphatic carbocycles. The number of carbonyl (C=O) groups is 1. The van der Waals surface area contributed by atoms with Gasteiger partial charge in [-0.2, -0.15) is 0 Å². The lowest BCUT2D eigenvalue weighted by Crippen LogP contribution is -2.47. The lowest BCUT2D eigenvalue weighted by atomic mass is 9.97. The van der Waals surface area contributed by atoms with Crippen LogP contribution in [0.5, 0.6) is 0 Å². The molecule has 0 aromatic heterocycles. The molecule has 22 heavy (non-hydrogen) atoms. The molecule has 0 bridgehead atoms. The summed E-state index contributed by atoms with van der Waals surface area (Å²) in [5.41, 5.74) is 2.71. The van der Waals surface area contributed by atoms with E-state index in [1.54, 1.807) is 0 Å². The van der Waals surface area contributed by atoms with Crippen molar-refractivity contribution in [3.63, 3.8) is 0 Å². The zero-order chi connectivity index (χ0) is 15.2. The molecule has 1 amide bonds. The van der Waals surface area contributed by atoms with Crippen LogP contribution in [0.1, 0.15) is 17.2 Å². The Morgan fingerprint density at radius 3 is 2.05 bits per heavy atom. The van der Waals surface area contributed by atoms with Crippen molar-refractivity contribution in [2.24, 2.45) is 0 Å². The van der Waals surface area contributed by atoms with Gasteiger partial charge in [0.1, 0.15) is 0 Å². The Morgan fingerprint density at radius 2 is 1.45 bits per heavy atom. The van der Waals surface area contributed by atoms with Crippen LogP contribution in [0.4, 0.5) is 0 Å². The Hall–Kier alpha value is -2.13. The van der Waals surface area contributed by atoms with Crippen molar-refractivity contribution < 1.29 is 4.79 Å². The molecule has 0 saturated carbocycles. The summed E-state index contributed by atoms with van der Waals surface area (Å²) in [5.74, 6) is 0. The van der Waals surface area contributed by atoms with Gasteiger partial charge in [0, 0.05) is 32.2 Å². The summed E-state index contributed by atoms with van der Waals surface area (Å²) in [5, 5.41) is 0. The number of benzene rings is 2. The minimum Gasteiger partial charge on any atom is -0.343 e. The molecular weight excluding hydrogens is 272 g/mol. The maximum atomic E-state index is 10.9. The lowest BCUT2D eigenvalue weighted by molar-refractivity contribution is -0.120. The fourth-order valence-corrected chi connectivity index (χ4v) is 3.12. The van der Waals surface area contributed by atoms with Crippen LogP contribution in [-0.2, 0) is 11.2 Å². The van der Waals surface area contributed by atoms with Crippen LogP contribution in [0, 0.1) is 0 Å². The van der Waals surface area contributed by atoms with Gasteiger partial charge in [0.15, 0.2) is 0 Å². The second-order valence-corrected chi connectivity index (χ2v) is 5.79. The Morgan fingerprint density at radius 1 is 0.864 bits per heavy atom. The van der Waals surface area contributed by atoms with Crippen LogP contribution in [0.15, 0.2) is 60.7 Å². The van der Waals surface area contributed by atoms with Gasteiger partial charge in [-0.3, -0.25) is 9.69 Å². The van der Waals surface area contributed by atoms with E-state index >= 15 is 0 Å². The Bertz CT molecular complexity index is 577. The van der Waals surface area contributed by atoms with Crippen LogP contribution in [-0.4, -0.2) is 42.4 Å². The van der Waals surface area contributed by atoms with Gasteiger partial charge >= 0.3 is 0 Å². The smallest absolute Gasteiger partial charge is 0.209 e. The van der Waals surface area contributed by atoms with Crippen LogP contribution in [0.25, 0.3) is 0 Å². The zero-order valence-electron chi connectivity index (χ0n) is 12.8. The molecule has 114 valence electrons. The quantitative estimate of drug-likeness (QED) is 0.792. The predicted molar refractivity (Wildman–Crippen MR) is 88.5 cm³/mol. The summed E-state index contributed by atoms with van der Waals surface area (Å²) in [4.78, 5) is 15.3. The second-order valence-electron chi connectivity index (χ2n) is 5.79. The minimum atomic E-state index is 0.373. The van der Waals surface area contributed by atoms with Crippen molar-refractivity contribution in [2.45, 2.75) is 12.5 Å². The second kappa shape index (κ2) is 7.23. The van der Waals surface area contributed by atoms with E-state index in [1.165, 1.54) is 11.1 Å². The van der Waals surface area contributed by atoms with Gasteiger partial charge in [0.2, 0.25) is 6.41 Å². The molecule has 1 fully saturated rings. The van der Waals surface area contributed by atoms with E-state index in [0.717, 1.165) is 39.0 Å². The van der Waals surface area contributed by atoms with Crippen molar-refractivity contribution in [3.05, 3.63) is 71.8 Å². The van der Waals surface area contributed by atoms with Crippen molar-refractivity contribution in [3.8, 4) is 0 Å². The number of rotatable bonds is 5. The first-order chi connectivity index (χ1) is 10.9. The lowest BCUT2D eigenvalue weighted by Gasteiger charge is -2.38. The molecule has 0 spiro atoms. The molecule has 1 atom stereocenters. The molecular formula is C19H22N2O. The Balaban J connectivity index is 1.79. The Kier molecular flexibility index (Phi) is 4.86. The first-order valence-corrected chi connectivity index (χ1v) is 7.89. The number of piperazine rings is 1. The monoisotopic (exact) mass is 294 g/mol. The fraction of sp³-hybridized carbons (Fsp3) is 0.316. The van der Waals surface area contributed by atoms with E-state index in [-0.39, 0.29) is 0 Å². The van der Waals surface area contributed by atoms with Gasteiger partial charge in [0.05, 0.1) is 0 Å². The number of amides is 1. The number of hydrogen-bond acceptors (Lipinski definition) is 2. The summed E-state index contributed by atoms with van der Waals surface area (Å²) < 4.78 is 0. The molecule has 1 unspecified atom stereocenters. The van der Waals surface area contributed by atoms with Gasteiger partial charge in [-0.25, -0.2) is 0 Å². The van der Waals surface area contributed by atoms with Gasteiger partial charge in [0.25, 0.3) is 0 Å².